The van der Waals surface area contributed by atoms with Crippen LogP contribution in [0.5, 0.6) is 0 Å². The van der Waals surface area contributed by atoms with Crippen LogP contribution in [0.2, 0.25) is 0 Å². The lowest BCUT2D eigenvalue weighted by Gasteiger charge is -2.55. The molecule has 1 nitrogen and oxygen atoms in total. The summed E-state index contributed by atoms with van der Waals surface area (Å²) in [6, 6.07) is 0. The van der Waals surface area contributed by atoms with Gasteiger partial charge in [-0.05, 0) is 102 Å². The number of methoxy groups -OCH3 is 1. The lowest BCUT2D eigenvalue weighted by Crippen LogP contribution is -2.52. The summed E-state index contributed by atoms with van der Waals surface area (Å²) in [6.45, 7) is 24.9. The minimum atomic E-state index is 0.331. The Labute approximate surface area is 189 Å². The minimum Gasteiger partial charge on any atom is -0.381 e. The van der Waals surface area contributed by atoms with Crippen LogP contribution in [0.3, 0.4) is 0 Å². The van der Waals surface area contributed by atoms with Crippen molar-refractivity contribution in [2.75, 3.05) is 7.11 Å². The Morgan fingerprint density at radius 1 is 0.600 bits per heavy atom. The molecule has 7 unspecified atom stereocenters. The van der Waals surface area contributed by atoms with Crippen molar-refractivity contribution in [3.63, 3.8) is 0 Å². The molecule has 0 heterocycles. The molecule has 0 N–H and O–H groups in total. The molecule has 3 saturated carbocycles. The van der Waals surface area contributed by atoms with Gasteiger partial charge in [0.2, 0.25) is 0 Å². The zero-order valence-corrected chi connectivity index (χ0v) is 22.3. The standard InChI is InChI=1S/C29H54O/c1-18-12-19-16-24(29(8,9)10)26(30-11)25(23(19)13-18)20-14-21(27(2,3)4)17-22(15-20)28(5,6)7/h18-26H,12-17H2,1-11H3/t18?,19?,20?,21?,22?,23?,24?,25-,26?/m1/s1. The number of fused-ring (bicyclic) bond motifs is 1. The van der Waals surface area contributed by atoms with E-state index in [1.54, 1.807) is 0 Å². The molecule has 0 amide bonds. The van der Waals surface area contributed by atoms with Crippen LogP contribution < -0.4 is 0 Å². The second kappa shape index (κ2) is 8.39. The van der Waals surface area contributed by atoms with Crippen LogP contribution >= 0.6 is 0 Å². The molecule has 0 aromatic rings. The normalized spacial score (nSPS) is 43.5. The predicted octanol–water partition coefficient (Wildman–Crippen LogP) is 8.47. The monoisotopic (exact) mass is 418 g/mol. The van der Waals surface area contributed by atoms with Gasteiger partial charge in [0, 0.05) is 7.11 Å². The van der Waals surface area contributed by atoms with Gasteiger partial charge in [-0.2, -0.15) is 0 Å². The van der Waals surface area contributed by atoms with E-state index in [1.807, 2.05) is 7.11 Å². The van der Waals surface area contributed by atoms with Gasteiger partial charge in [0.15, 0.2) is 0 Å². The predicted molar refractivity (Wildman–Crippen MR) is 130 cm³/mol. The first-order valence-corrected chi connectivity index (χ1v) is 13.2. The van der Waals surface area contributed by atoms with Crippen molar-refractivity contribution < 1.29 is 4.74 Å². The van der Waals surface area contributed by atoms with E-state index in [0.29, 0.717) is 28.3 Å². The molecule has 0 radical (unpaired) electrons. The summed E-state index contributed by atoms with van der Waals surface area (Å²) in [4.78, 5) is 0. The van der Waals surface area contributed by atoms with Gasteiger partial charge >= 0.3 is 0 Å². The molecule has 1 heteroatoms. The van der Waals surface area contributed by atoms with Crippen molar-refractivity contribution in [2.24, 2.45) is 63.6 Å². The molecule has 3 rings (SSSR count). The average Bonchev–Trinajstić information content (AvgIpc) is 2.97. The van der Waals surface area contributed by atoms with Crippen LogP contribution in [0, 0.1) is 63.6 Å². The second-order valence-corrected chi connectivity index (χ2v) is 15.1. The highest BCUT2D eigenvalue weighted by Gasteiger charge is 2.55. The molecule has 0 bridgehead atoms. The number of ether oxygens (including phenoxy) is 1. The van der Waals surface area contributed by atoms with Crippen molar-refractivity contribution in [1.29, 1.82) is 0 Å². The first-order valence-electron chi connectivity index (χ1n) is 13.2. The lowest BCUT2D eigenvalue weighted by molar-refractivity contribution is -0.128. The molecule has 0 spiro atoms. The lowest BCUT2D eigenvalue weighted by atomic mass is 9.52. The van der Waals surface area contributed by atoms with Gasteiger partial charge in [0.25, 0.3) is 0 Å². The van der Waals surface area contributed by atoms with Crippen LogP contribution in [-0.2, 0) is 4.74 Å². The molecule has 176 valence electrons. The fourth-order valence-electron chi connectivity index (χ4n) is 8.04. The Morgan fingerprint density at radius 2 is 1.13 bits per heavy atom. The Bertz CT molecular complexity index is 549. The molecule has 0 aliphatic heterocycles. The SMILES string of the molecule is COC1C(C(C)(C)C)CC2CC(C)CC2[C@H]1C1CC(C(C)(C)C)CC(C(C)(C)C)C1. The first-order chi connectivity index (χ1) is 13.6. The fraction of sp³-hybridized carbons (Fsp3) is 1.00. The number of hydrogen-bond donors (Lipinski definition) is 0. The van der Waals surface area contributed by atoms with E-state index in [-0.39, 0.29) is 0 Å². The van der Waals surface area contributed by atoms with Crippen LogP contribution in [0.4, 0.5) is 0 Å². The molecule has 3 fully saturated rings. The Balaban J connectivity index is 1.99. The molecular formula is C29H54O. The van der Waals surface area contributed by atoms with E-state index < -0.39 is 0 Å². The smallest absolute Gasteiger partial charge is 0.0638 e. The minimum absolute atomic E-state index is 0.331. The summed E-state index contributed by atoms with van der Waals surface area (Å²) < 4.78 is 6.48. The van der Waals surface area contributed by atoms with Crippen LogP contribution in [0.1, 0.15) is 108 Å². The highest BCUT2D eigenvalue weighted by atomic mass is 16.5. The maximum atomic E-state index is 6.48. The Hall–Kier alpha value is -0.0400. The average molecular weight is 419 g/mol. The topological polar surface area (TPSA) is 9.23 Å². The van der Waals surface area contributed by atoms with Crippen molar-refractivity contribution in [3.8, 4) is 0 Å². The fourth-order valence-corrected chi connectivity index (χ4v) is 8.04. The first kappa shape index (κ1) is 24.6. The highest BCUT2D eigenvalue weighted by Crippen LogP contribution is 2.60. The van der Waals surface area contributed by atoms with Crippen LogP contribution in [-0.4, -0.2) is 13.2 Å². The Morgan fingerprint density at radius 3 is 1.57 bits per heavy atom. The summed E-state index contributed by atoms with van der Waals surface area (Å²) >= 11 is 0. The summed E-state index contributed by atoms with van der Waals surface area (Å²) in [5.74, 6) is 6.70. The maximum Gasteiger partial charge on any atom is 0.0638 e. The quantitative estimate of drug-likeness (QED) is 0.437. The van der Waals surface area contributed by atoms with Crippen LogP contribution in [0.15, 0.2) is 0 Å². The summed E-state index contributed by atoms with van der Waals surface area (Å²) in [6.07, 6.45) is 9.02. The van der Waals surface area contributed by atoms with Crippen molar-refractivity contribution in [1.82, 2.24) is 0 Å². The number of rotatable bonds is 2. The summed E-state index contributed by atoms with van der Waals surface area (Å²) in [5.41, 5.74) is 1.15. The Kier molecular flexibility index (Phi) is 6.88. The zero-order chi connectivity index (χ0) is 22.6. The van der Waals surface area contributed by atoms with E-state index >= 15 is 0 Å². The third-order valence-corrected chi connectivity index (χ3v) is 9.93. The van der Waals surface area contributed by atoms with Gasteiger partial charge in [-0.3, -0.25) is 0 Å². The highest BCUT2D eigenvalue weighted by molar-refractivity contribution is 5.04. The van der Waals surface area contributed by atoms with Crippen LogP contribution in [0.25, 0.3) is 0 Å². The molecule has 8 atom stereocenters. The largest absolute Gasteiger partial charge is 0.381 e. The van der Waals surface area contributed by atoms with Crippen molar-refractivity contribution in [3.05, 3.63) is 0 Å². The molecule has 30 heavy (non-hydrogen) atoms. The molecular weight excluding hydrogens is 364 g/mol. The second-order valence-electron chi connectivity index (χ2n) is 15.1. The van der Waals surface area contributed by atoms with Gasteiger partial charge in [-0.15, -0.1) is 0 Å². The zero-order valence-electron chi connectivity index (χ0n) is 22.3. The van der Waals surface area contributed by atoms with Gasteiger partial charge in [-0.1, -0.05) is 69.2 Å². The molecule has 0 aromatic carbocycles. The molecule has 3 aliphatic carbocycles. The maximum absolute atomic E-state index is 6.48. The molecule has 0 saturated heterocycles. The van der Waals surface area contributed by atoms with E-state index in [2.05, 4.69) is 69.2 Å². The summed E-state index contributed by atoms with van der Waals surface area (Å²) in [7, 11) is 2.03. The molecule has 0 aromatic heterocycles. The van der Waals surface area contributed by atoms with Crippen molar-refractivity contribution in [2.45, 2.75) is 114 Å². The van der Waals surface area contributed by atoms with Gasteiger partial charge < -0.3 is 4.74 Å². The van der Waals surface area contributed by atoms with E-state index in [1.165, 1.54) is 38.5 Å². The van der Waals surface area contributed by atoms with E-state index in [4.69, 9.17) is 4.74 Å². The number of hydrogen-bond acceptors (Lipinski definition) is 1. The molecule has 3 aliphatic rings. The van der Waals surface area contributed by atoms with Gasteiger partial charge in [0.1, 0.15) is 0 Å². The third-order valence-electron chi connectivity index (χ3n) is 9.93. The van der Waals surface area contributed by atoms with E-state index in [0.717, 1.165) is 41.4 Å². The van der Waals surface area contributed by atoms with Gasteiger partial charge in [-0.25, -0.2) is 0 Å². The van der Waals surface area contributed by atoms with Gasteiger partial charge in [0.05, 0.1) is 6.10 Å². The summed E-state index contributed by atoms with van der Waals surface area (Å²) in [5, 5.41) is 0. The third kappa shape index (κ3) is 4.97. The van der Waals surface area contributed by atoms with Crippen molar-refractivity contribution >= 4 is 0 Å². The van der Waals surface area contributed by atoms with E-state index in [9.17, 15) is 0 Å².